The molecule has 142 valence electrons. The second-order valence-corrected chi connectivity index (χ2v) is 15.9. The Balaban J connectivity index is 5.49. The molecule has 0 aromatic rings. The molecule has 16 heteroatoms. The summed E-state index contributed by atoms with van der Waals surface area (Å²) >= 11 is 0. The fourth-order valence-corrected chi connectivity index (χ4v) is 8.87. The summed E-state index contributed by atoms with van der Waals surface area (Å²) in [7, 11) is -19.6. The Morgan fingerprint density at radius 3 is 1.04 bits per heavy atom. The molecule has 0 rings (SSSR count). The molecule has 0 aliphatic carbocycles. The second kappa shape index (κ2) is 6.60. The van der Waals surface area contributed by atoms with Crippen molar-refractivity contribution in [2.24, 2.45) is 0 Å². The zero-order chi connectivity index (χ0) is 19.8. The minimum Gasteiger partial charge on any atom is -0.293 e. The van der Waals surface area contributed by atoms with Crippen molar-refractivity contribution in [1.82, 2.24) is 0 Å². The van der Waals surface area contributed by atoms with Gasteiger partial charge in [-0.05, 0) is 26.2 Å². The molecular weight excluding hydrogens is 426 g/mol. The minimum atomic E-state index is -5.95. The van der Waals surface area contributed by atoms with Gasteiger partial charge in [-0.15, -0.1) is 11.1 Å². The standard InChI is InChI=1S/C8H12F6O6S2Si2/c1-23(2,19-21(15,16)7(9,10)11)5-6-24(3,4)20-22(17,18)8(12,13)14/h1-4H3. The van der Waals surface area contributed by atoms with Crippen LogP contribution in [0.2, 0.25) is 26.2 Å². The first-order valence-electron chi connectivity index (χ1n) is 5.70. The van der Waals surface area contributed by atoms with Crippen LogP contribution in [0.25, 0.3) is 0 Å². The lowest BCUT2D eigenvalue weighted by Gasteiger charge is -2.20. The van der Waals surface area contributed by atoms with E-state index in [9.17, 15) is 43.2 Å². The van der Waals surface area contributed by atoms with Crippen molar-refractivity contribution in [2.75, 3.05) is 0 Å². The van der Waals surface area contributed by atoms with Crippen molar-refractivity contribution in [3.63, 3.8) is 0 Å². The summed E-state index contributed by atoms with van der Waals surface area (Å²) in [5.41, 5.74) is -7.40. The molecule has 0 saturated heterocycles. The first kappa shape index (κ1) is 23.4. The van der Waals surface area contributed by atoms with Crippen LogP contribution in [-0.2, 0) is 28.0 Å². The van der Waals surface area contributed by atoms with Crippen molar-refractivity contribution in [1.29, 1.82) is 0 Å². The Labute approximate surface area is 136 Å². The largest absolute Gasteiger partial charge is 0.522 e. The fourth-order valence-electron chi connectivity index (χ4n) is 0.986. The molecule has 0 unspecified atom stereocenters. The fraction of sp³-hybridized carbons (Fsp3) is 0.750. The number of hydrogen-bond donors (Lipinski definition) is 0. The second-order valence-electron chi connectivity index (χ2n) is 5.24. The zero-order valence-corrected chi connectivity index (χ0v) is 16.2. The van der Waals surface area contributed by atoms with Crippen LogP contribution in [0, 0.1) is 11.1 Å². The summed E-state index contributed by atoms with van der Waals surface area (Å²) < 4.78 is 125. The molecule has 0 aromatic heterocycles. The lowest BCUT2D eigenvalue weighted by Crippen LogP contribution is -2.41. The van der Waals surface area contributed by atoms with Gasteiger partial charge in [0.2, 0.25) is 0 Å². The van der Waals surface area contributed by atoms with Crippen LogP contribution in [0.15, 0.2) is 0 Å². The molecule has 0 aromatic carbocycles. The molecule has 0 aliphatic rings. The lowest BCUT2D eigenvalue weighted by molar-refractivity contribution is -0.0507. The van der Waals surface area contributed by atoms with Crippen LogP contribution in [0.5, 0.6) is 0 Å². The molecule has 6 nitrogen and oxygen atoms in total. The van der Waals surface area contributed by atoms with Crippen LogP contribution >= 0.6 is 0 Å². The maximum absolute atomic E-state index is 12.2. The van der Waals surface area contributed by atoms with E-state index >= 15 is 0 Å². The van der Waals surface area contributed by atoms with Crippen molar-refractivity contribution in [3.05, 3.63) is 0 Å². The van der Waals surface area contributed by atoms with E-state index in [1.54, 1.807) is 0 Å². The van der Waals surface area contributed by atoms with Gasteiger partial charge >= 0.3 is 31.3 Å². The Bertz CT molecular complexity index is 679. The number of halogens is 6. The van der Waals surface area contributed by atoms with Gasteiger partial charge in [0.05, 0.1) is 0 Å². The third kappa shape index (κ3) is 6.72. The molecule has 0 fully saturated rings. The predicted molar refractivity (Wildman–Crippen MR) is 74.9 cm³/mol. The first-order chi connectivity index (χ1) is 10.1. The smallest absolute Gasteiger partial charge is 0.293 e. The SMILES string of the molecule is C[Si](C)(C#C[Si](C)(C)OS(=O)(=O)C(F)(F)F)OS(=O)(=O)C(F)(F)F. The highest BCUT2D eigenvalue weighted by molar-refractivity contribution is 7.89. The molecule has 0 bridgehead atoms. The summed E-state index contributed by atoms with van der Waals surface area (Å²) in [5.74, 6) is 0. The van der Waals surface area contributed by atoms with E-state index in [0.29, 0.717) is 0 Å². The lowest BCUT2D eigenvalue weighted by atomic mass is 11.4. The van der Waals surface area contributed by atoms with Gasteiger partial charge in [-0.1, -0.05) is 0 Å². The van der Waals surface area contributed by atoms with Crippen molar-refractivity contribution < 1.29 is 50.9 Å². The maximum atomic E-state index is 12.2. The predicted octanol–water partition coefficient (Wildman–Crippen LogP) is 2.21. The van der Waals surface area contributed by atoms with E-state index in [2.05, 4.69) is 7.74 Å². The molecular formula is C8H12F6O6S2Si2. The summed E-state index contributed by atoms with van der Waals surface area (Å²) in [6, 6.07) is 0. The molecule has 24 heavy (non-hydrogen) atoms. The Hall–Kier alpha value is -0.606. The number of alkyl halides is 6. The molecule has 0 amide bonds. The third-order valence-electron chi connectivity index (χ3n) is 1.87. The van der Waals surface area contributed by atoms with Gasteiger partial charge in [0.1, 0.15) is 0 Å². The van der Waals surface area contributed by atoms with Crippen molar-refractivity contribution in [3.8, 4) is 11.1 Å². The maximum Gasteiger partial charge on any atom is 0.522 e. The van der Waals surface area contributed by atoms with Gasteiger partial charge in [-0.25, -0.2) is 0 Å². The van der Waals surface area contributed by atoms with Crippen LogP contribution in [0.3, 0.4) is 0 Å². The Morgan fingerprint density at radius 1 is 0.667 bits per heavy atom. The molecule has 0 heterocycles. The van der Waals surface area contributed by atoms with Crippen LogP contribution in [0.1, 0.15) is 0 Å². The molecule has 0 radical (unpaired) electrons. The Morgan fingerprint density at radius 2 is 0.875 bits per heavy atom. The molecule has 0 saturated carbocycles. The van der Waals surface area contributed by atoms with E-state index < -0.39 is 47.9 Å². The normalized spacial score (nSPS) is 14.9. The summed E-state index contributed by atoms with van der Waals surface area (Å²) in [4.78, 5) is 0. The van der Waals surface area contributed by atoms with E-state index in [1.165, 1.54) is 0 Å². The average molecular weight is 438 g/mol. The van der Waals surface area contributed by atoms with Gasteiger partial charge in [0.25, 0.3) is 16.6 Å². The van der Waals surface area contributed by atoms with Gasteiger partial charge in [-0.3, -0.25) is 7.74 Å². The summed E-state index contributed by atoms with van der Waals surface area (Å²) in [5, 5.41) is 0. The summed E-state index contributed by atoms with van der Waals surface area (Å²) in [6.07, 6.45) is 0. The Kier molecular flexibility index (Phi) is 6.44. The highest BCUT2D eigenvalue weighted by Crippen LogP contribution is 2.28. The molecule has 0 spiro atoms. The molecule has 0 N–H and O–H groups in total. The summed E-state index contributed by atoms with van der Waals surface area (Å²) in [6.45, 7) is 3.75. The zero-order valence-electron chi connectivity index (χ0n) is 12.5. The average Bonchev–Trinajstić information content (AvgIpc) is 2.20. The first-order valence-corrected chi connectivity index (χ1v) is 14.3. The van der Waals surface area contributed by atoms with Gasteiger partial charge in [0.15, 0.2) is 0 Å². The number of rotatable bonds is 4. The monoisotopic (exact) mass is 438 g/mol. The van der Waals surface area contributed by atoms with Gasteiger partial charge in [0, 0.05) is 0 Å². The quantitative estimate of drug-likeness (QED) is 0.290. The molecule has 0 aliphatic heterocycles. The van der Waals surface area contributed by atoms with E-state index in [-0.39, 0.29) is 0 Å². The minimum absolute atomic E-state index is 0.937. The highest BCUT2D eigenvalue weighted by Gasteiger charge is 2.51. The highest BCUT2D eigenvalue weighted by atomic mass is 32.2. The topological polar surface area (TPSA) is 86.7 Å². The number of hydrogen-bond acceptors (Lipinski definition) is 6. The van der Waals surface area contributed by atoms with Crippen LogP contribution in [-0.4, -0.2) is 44.5 Å². The van der Waals surface area contributed by atoms with E-state index in [1.807, 2.05) is 11.1 Å². The van der Waals surface area contributed by atoms with Crippen LogP contribution in [0.4, 0.5) is 26.3 Å². The van der Waals surface area contributed by atoms with E-state index in [0.717, 1.165) is 26.2 Å². The van der Waals surface area contributed by atoms with Gasteiger partial charge in [-0.2, -0.15) is 43.2 Å². The van der Waals surface area contributed by atoms with Crippen molar-refractivity contribution >= 4 is 36.9 Å². The van der Waals surface area contributed by atoms with E-state index in [4.69, 9.17) is 0 Å². The molecule has 0 atom stereocenters. The van der Waals surface area contributed by atoms with Crippen molar-refractivity contribution in [2.45, 2.75) is 37.2 Å². The van der Waals surface area contributed by atoms with Gasteiger partial charge < -0.3 is 0 Å². The van der Waals surface area contributed by atoms with Crippen LogP contribution < -0.4 is 0 Å². The third-order valence-corrected chi connectivity index (χ3v) is 9.79.